The Kier molecular flexibility index (Phi) is 3.38. The van der Waals surface area contributed by atoms with E-state index in [-0.39, 0.29) is 5.82 Å². The number of likely N-dealkylation sites (tertiary alicyclic amines) is 1. The summed E-state index contributed by atoms with van der Waals surface area (Å²) in [5, 5.41) is 0. The van der Waals surface area contributed by atoms with Crippen LogP contribution in [0.2, 0.25) is 0 Å². The molecule has 2 aliphatic rings. The highest BCUT2D eigenvalue weighted by molar-refractivity contribution is 5.75. The van der Waals surface area contributed by atoms with Crippen LogP contribution in [0.5, 0.6) is 11.5 Å². The second kappa shape index (κ2) is 5.74. The third-order valence-corrected chi connectivity index (χ3v) is 4.96. The summed E-state index contributed by atoms with van der Waals surface area (Å²) < 4.78 is 24.2. The van der Waals surface area contributed by atoms with E-state index in [2.05, 4.69) is 27.0 Å². The molecule has 128 valence electrons. The first-order valence-corrected chi connectivity index (χ1v) is 8.51. The van der Waals surface area contributed by atoms with Gasteiger partial charge in [0.25, 0.3) is 0 Å². The highest BCUT2D eigenvalue weighted by atomic mass is 19.1. The van der Waals surface area contributed by atoms with Crippen LogP contribution in [0.3, 0.4) is 0 Å². The van der Waals surface area contributed by atoms with Crippen molar-refractivity contribution in [1.29, 1.82) is 0 Å². The number of rotatable bonds is 3. The fourth-order valence-electron chi connectivity index (χ4n) is 3.69. The number of halogens is 1. The number of imidazole rings is 1. The van der Waals surface area contributed by atoms with Gasteiger partial charge < -0.3 is 14.5 Å². The predicted octanol–water partition coefficient (Wildman–Crippen LogP) is 3.42. The fraction of sp³-hybridized carbons (Fsp3) is 0.316. The lowest BCUT2D eigenvalue weighted by Gasteiger charge is -2.15. The van der Waals surface area contributed by atoms with Crippen molar-refractivity contribution < 1.29 is 13.9 Å². The first-order chi connectivity index (χ1) is 12.2. The van der Waals surface area contributed by atoms with Gasteiger partial charge in [0.05, 0.1) is 11.0 Å². The fourth-order valence-corrected chi connectivity index (χ4v) is 3.69. The van der Waals surface area contributed by atoms with Crippen molar-refractivity contribution >= 4 is 11.0 Å². The molecule has 2 aromatic carbocycles. The van der Waals surface area contributed by atoms with Crippen LogP contribution in [0.15, 0.2) is 36.4 Å². The van der Waals surface area contributed by atoms with E-state index in [1.54, 1.807) is 6.07 Å². The molecule has 1 atom stereocenters. The normalized spacial score (nSPS) is 19.8. The smallest absolute Gasteiger partial charge is 0.231 e. The van der Waals surface area contributed by atoms with E-state index in [4.69, 9.17) is 9.47 Å². The zero-order chi connectivity index (χ0) is 16.8. The van der Waals surface area contributed by atoms with Crippen LogP contribution in [0.25, 0.3) is 11.0 Å². The van der Waals surface area contributed by atoms with E-state index in [0.717, 1.165) is 54.4 Å². The van der Waals surface area contributed by atoms with Crippen LogP contribution in [0.1, 0.15) is 23.7 Å². The number of H-pyrrole nitrogens is 1. The Morgan fingerprint density at radius 1 is 1.16 bits per heavy atom. The maximum absolute atomic E-state index is 13.3. The summed E-state index contributed by atoms with van der Waals surface area (Å²) in [6, 6.07) is 10.8. The summed E-state index contributed by atoms with van der Waals surface area (Å²) in [5.41, 5.74) is 2.81. The Balaban J connectivity index is 1.30. The van der Waals surface area contributed by atoms with Crippen LogP contribution in [0, 0.1) is 5.82 Å². The van der Waals surface area contributed by atoms with E-state index >= 15 is 0 Å². The summed E-state index contributed by atoms with van der Waals surface area (Å²) in [7, 11) is 0. The number of hydrogen-bond donors (Lipinski definition) is 1. The van der Waals surface area contributed by atoms with Crippen LogP contribution in [-0.2, 0) is 6.54 Å². The predicted molar refractivity (Wildman–Crippen MR) is 91.3 cm³/mol. The van der Waals surface area contributed by atoms with Gasteiger partial charge in [0.15, 0.2) is 11.5 Å². The maximum Gasteiger partial charge on any atom is 0.231 e. The van der Waals surface area contributed by atoms with Crippen molar-refractivity contribution in [3.8, 4) is 11.5 Å². The van der Waals surface area contributed by atoms with Crippen LogP contribution >= 0.6 is 0 Å². The molecule has 1 fully saturated rings. The lowest BCUT2D eigenvalue weighted by molar-refractivity contribution is 0.174. The molecule has 0 aliphatic carbocycles. The first kappa shape index (κ1) is 14.7. The molecule has 25 heavy (non-hydrogen) atoms. The van der Waals surface area contributed by atoms with E-state index < -0.39 is 0 Å². The summed E-state index contributed by atoms with van der Waals surface area (Å²) in [6.45, 7) is 3.14. The van der Waals surface area contributed by atoms with Crippen molar-refractivity contribution in [3.05, 3.63) is 53.6 Å². The van der Waals surface area contributed by atoms with Crippen molar-refractivity contribution in [3.63, 3.8) is 0 Å². The average molecular weight is 339 g/mol. The maximum atomic E-state index is 13.3. The lowest BCUT2D eigenvalue weighted by atomic mass is 10.1. The SMILES string of the molecule is Fc1ccc2nc(C3CCN(Cc4ccc5c(c4)OCO5)C3)[nH]c2c1. The molecular weight excluding hydrogens is 321 g/mol. The molecule has 6 heteroatoms. The molecule has 3 aromatic rings. The lowest BCUT2D eigenvalue weighted by Crippen LogP contribution is -2.19. The van der Waals surface area contributed by atoms with Gasteiger partial charge in [-0.2, -0.15) is 0 Å². The Morgan fingerprint density at radius 2 is 2.08 bits per heavy atom. The van der Waals surface area contributed by atoms with E-state index in [0.29, 0.717) is 12.7 Å². The summed E-state index contributed by atoms with van der Waals surface area (Å²) in [4.78, 5) is 10.3. The Morgan fingerprint density at radius 3 is 3.04 bits per heavy atom. The van der Waals surface area contributed by atoms with Gasteiger partial charge in [-0.15, -0.1) is 0 Å². The standard InChI is InChI=1S/C19H18FN3O2/c20-14-2-3-15-16(8-14)22-19(21-15)13-5-6-23(10-13)9-12-1-4-17-18(7-12)25-11-24-17/h1-4,7-8,13H,5-6,9-11H2,(H,21,22). The molecule has 0 amide bonds. The highest BCUT2D eigenvalue weighted by Crippen LogP contribution is 2.34. The van der Waals surface area contributed by atoms with Gasteiger partial charge in [-0.25, -0.2) is 9.37 Å². The summed E-state index contributed by atoms with van der Waals surface area (Å²) >= 11 is 0. The molecule has 0 bridgehead atoms. The van der Waals surface area contributed by atoms with Crippen LogP contribution < -0.4 is 9.47 Å². The van der Waals surface area contributed by atoms with Gasteiger partial charge in [0.1, 0.15) is 11.6 Å². The van der Waals surface area contributed by atoms with Crippen molar-refractivity contribution in [1.82, 2.24) is 14.9 Å². The van der Waals surface area contributed by atoms with Gasteiger partial charge in [-0.1, -0.05) is 6.07 Å². The molecule has 5 rings (SSSR count). The minimum Gasteiger partial charge on any atom is -0.454 e. The molecule has 5 nitrogen and oxygen atoms in total. The molecule has 1 unspecified atom stereocenters. The third kappa shape index (κ3) is 2.72. The minimum atomic E-state index is -0.237. The number of aromatic nitrogens is 2. The highest BCUT2D eigenvalue weighted by Gasteiger charge is 2.26. The number of fused-ring (bicyclic) bond motifs is 2. The van der Waals surface area contributed by atoms with E-state index in [1.807, 2.05) is 6.07 Å². The molecule has 0 saturated carbocycles. The zero-order valence-electron chi connectivity index (χ0n) is 13.7. The minimum absolute atomic E-state index is 0.237. The second-order valence-corrected chi connectivity index (χ2v) is 6.69. The number of benzene rings is 2. The molecule has 1 aromatic heterocycles. The van der Waals surface area contributed by atoms with E-state index in [9.17, 15) is 4.39 Å². The number of hydrogen-bond acceptors (Lipinski definition) is 4. The van der Waals surface area contributed by atoms with Gasteiger partial charge in [0, 0.05) is 19.0 Å². The monoisotopic (exact) mass is 339 g/mol. The number of nitrogens with one attached hydrogen (secondary N) is 1. The van der Waals surface area contributed by atoms with Gasteiger partial charge in [-0.05, 0) is 48.9 Å². The van der Waals surface area contributed by atoms with Crippen molar-refractivity contribution in [2.45, 2.75) is 18.9 Å². The van der Waals surface area contributed by atoms with Gasteiger partial charge >= 0.3 is 0 Å². The Labute approximate surface area is 144 Å². The van der Waals surface area contributed by atoms with Gasteiger partial charge in [0.2, 0.25) is 6.79 Å². The molecule has 1 saturated heterocycles. The summed E-state index contributed by atoms with van der Waals surface area (Å²) in [6.07, 6.45) is 1.05. The molecule has 2 aliphatic heterocycles. The number of nitrogens with zero attached hydrogens (tertiary/aromatic N) is 2. The largest absolute Gasteiger partial charge is 0.454 e. The van der Waals surface area contributed by atoms with Gasteiger partial charge in [-0.3, -0.25) is 4.90 Å². The molecule has 3 heterocycles. The van der Waals surface area contributed by atoms with Crippen LogP contribution in [0.4, 0.5) is 4.39 Å². The molecule has 1 N–H and O–H groups in total. The van der Waals surface area contributed by atoms with E-state index in [1.165, 1.54) is 17.7 Å². The first-order valence-electron chi connectivity index (χ1n) is 8.51. The van der Waals surface area contributed by atoms with Crippen LogP contribution in [-0.4, -0.2) is 34.8 Å². The molecule has 0 radical (unpaired) electrons. The summed E-state index contributed by atoms with van der Waals surface area (Å²) in [5.74, 6) is 2.71. The number of ether oxygens (including phenoxy) is 2. The zero-order valence-corrected chi connectivity index (χ0v) is 13.7. The van der Waals surface area contributed by atoms with Crippen molar-refractivity contribution in [2.24, 2.45) is 0 Å². The number of aromatic amines is 1. The topological polar surface area (TPSA) is 50.4 Å². The second-order valence-electron chi connectivity index (χ2n) is 6.69. The Bertz CT molecular complexity index is 940. The quantitative estimate of drug-likeness (QED) is 0.794. The average Bonchev–Trinajstić information content (AvgIpc) is 3.32. The Hall–Kier alpha value is -2.60. The third-order valence-electron chi connectivity index (χ3n) is 4.96. The molecular formula is C19H18FN3O2. The van der Waals surface area contributed by atoms with Crippen molar-refractivity contribution in [2.75, 3.05) is 19.9 Å². The molecule has 0 spiro atoms.